The number of hydrazine groups is 1. The zero-order valence-corrected chi connectivity index (χ0v) is 12.8. The van der Waals surface area contributed by atoms with Crippen molar-refractivity contribution >= 4 is 0 Å². The SMILES string of the molecule is CCCn1nccc1C(NN)C(C)(C)N1CCOCC1. The fourth-order valence-electron chi connectivity index (χ4n) is 2.96. The molecule has 1 aromatic heterocycles. The molecule has 2 heterocycles. The Bertz CT molecular complexity index is 411. The van der Waals surface area contributed by atoms with Crippen molar-refractivity contribution in [2.45, 2.75) is 45.3 Å². The van der Waals surface area contributed by atoms with Crippen molar-refractivity contribution in [1.82, 2.24) is 20.1 Å². The average molecular weight is 281 g/mol. The number of nitrogens with one attached hydrogen (secondary N) is 1. The van der Waals surface area contributed by atoms with Gasteiger partial charge in [-0.05, 0) is 26.3 Å². The van der Waals surface area contributed by atoms with Gasteiger partial charge >= 0.3 is 0 Å². The quantitative estimate of drug-likeness (QED) is 0.599. The van der Waals surface area contributed by atoms with Crippen LogP contribution in [0.4, 0.5) is 0 Å². The second-order valence-corrected chi connectivity index (χ2v) is 5.83. The van der Waals surface area contributed by atoms with Gasteiger partial charge in [-0.25, -0.2) is 5.43 Å². The van der Waals surface area contributed by atoms with Gasteiger partial charge in [-0.15, -0.1) is 0 Å². The highest BCUT2D eigenvalue weighted by atomic mass is 16.5. The summed E-state index contributed by atoms with van der Waals surface area (Å²) >= 11 is 0. The molecule has 114 valence electrons. The van der Waals surface area contributed by atoms with Crippen LogP contribution in [0.1, 0.15) is 38.9 Å². The van der Waals surface area contributed by atoms with Crippen molar-refractivity contribution < 1.29 is 4.74 Å². The number of aromatic nitrogens is 2. The number of ether oxygens (including phenoxy) is 1. The summed E-state index contributed by atoms with van der Waals surface area (Å²) in [6, 6.07) is 2.09. The maximum absolute atomic E-state index is 5.87. The summed E-state index contributed by atoms with van der Waals surface area (Å²) in [6.45, 7) is 11.0. The second kappa shape index (κ2) is 6.67. The van der Waals surface area contributed by atoms with Crippen LogP contribution in [-0.4, -0.2) is 46.5 Å². The minimum absolute atomic E-state index is 0.0367. The van der Waals surface area contributed by atoms with Crippen LogP contribution in [0.15, 0.2) is 12.3 Å². The molecule has 0 radical (unpaired) electrons. The molecule has 1 aliphatic heterocycles. The smallest absolute Gasteiger partial charge is 0.0807 e. The first-order valence-corrected chi connectivity index (χ1v) is 7.42. The molecule has 1 unspecified atom stereocenters. The summed E-state index contributed by atoms with van der Waals surface area (Å²) in [6.07, 6.45) is 2.91. The summed E-state index contributed by atoms with van der Waals surface area (Å²) in [5, 5.41) is 4.41. The van der Waals surface area contributed by atoms with Gasteiger partial charge in [-0.3, -0.25) is 15.4 Å². The maximum Gasteiger partial charge on any atom is 0.0807 e. The van der Waals surface area contributed by atoms with E-state index in [-0.39, 0.29) is 11.6 Å². The van der Waals surface area contributed by atoms with Crippen LogP contribution in [0.3, 0.4) is 0 Å². The van der Waals surface area contributed by atoms with E-state index >= 15 is 0 Å². The molecule has 0 amide bonds. The highest BCUT2D eigenvalue weighted by Crippen LogP contribution is 2.31. The highest BCUT2D eigenvalue weighted by molar-refractivity contribution is 5.13. The third-order valence-electron chi connectivity index (χ3n) is 4.18. The van der Waals surface area contributed by atoms with Crippen LogP contribution < -0.4 is 11.3 Å². The van der Waals surface area contributed by atoms with Gasteiger partial charge in [0.15, 0.2) is 0 Å². The van der Waals surface area contributed by atoms with Gasteiger partial charge in [0.1, 0.15) is 0 Å². The number of nitrogens with zero attached hydrogens (tertiary/aromatic N) is 3. The van der Waals surface area contributed by atoms with E-state index in [9.17, 15) is 0 Å². The van der Waals surface area contributed by atoms with Gasteiger partial charge in [0.05, 0.1) is 24.9 Å². The largest absolute Gasteiger partial charge is 0.379 e. The van der Waals surface area contributed by atoms with Crippen LogP contribution in [0.5, 0.6) is 0 Å². The summed E-state index contributed by atoms with van der Waals surface area (Å²) < 4.78 is 7.50. The Morgan fingerprint density at radius 3 is 2.75 bits per heavy atom. The summed E-state index contributed by atoms with van der Waals surface area (Å²) in [7, 11) is 0. The number of hydrogen-bond acceptors (Lipinski definition) is 5. The zero-order valence-electron chi connectivity index (χ0n) is 12.8. The number of nitrogens with two attached hydrogens (primary N) is 1. The van der Waals surface area contributed by atoms with E-state index in [1.165, 1.54) is 0 Å². The molecule has 0 spiro atoms. The molecule has 3 N–H and O–H groups in total. The summed E-state index contributed by atoms with van der Waals surface area (Å²) in [5.41, 5.74) is 4.05. The van der Waals surface area contributed by atoms with Crippen molar-refractivity contribution in [3.8, 4) is 0 Å². The van der Waals surface area contributed by atoms with Crippen molar-refractivity contribution in [3.05, 3.63) is 18.0 Å². The molecule has 2 rings (SSSR count). The van der Waals surface area contributed by atoms with Crippen molar-refractivity contribution in [2.75, 3.05) is 26.3 Å². The van der Waals surface area contributed by atoms with E-state index in [2.05, 4.69) is 42.3 Å². The van der Waals surface area contributed by atoms with E-state index in [4.69, 9.17) is 10.6 Å². The Balaban J connectivity index is 2.22. The predicted molar refractivity (Wildman–Crippen MR) is 79.1 cm³/mol. The van der Waals surface area contributed by atoms with Gasteiger partial charge < -0.3 is 4.74 Å². The fourth-order valence-corrected chi connectivity index (χ4v) is 2.96. The lowest BCUT2D eigenvalue weighted by molar-refractivity contribution is -0.0249. The molecule has 1 saturated heterocycles. The van der Waals surface area contributed by atoms with Gasteiger partial charge in [0, 0.05) is 31.4 Å². The van der Waals surface area contributed by atoms with E-state index < -0.39 is 0 Å². The van der Waals surface area contributed by atoms with Crippen LogP contribution in [0, 0.1) is 0 Å². The molecular weight excluding hydrogens is 254 g/mol. The van der Waals surface area contributed by atoms with Crippen LogP contribution in [0.2, 0.25) is 0 Å². The van der Waals surface area contributed by atoms with Crippen molar-refractivity contribution in [3.63, 3.8) is 0 Å². The Morgan fingerprint density at radius 2 is 2.15 bits per heavy atom. The van der Waals surface area contributed by atoms with Crippen LogP contribution in [0.25, 0.3) is 0 Å². The molecule has 0 saturated carbocycles. The lowest BCUT2D eigenvalue weighted by Crippen LogP contribution is -2.57. The molecule has 0 aliphatic carbocycles. The molecule has 1 aliphatic rings. The molecule has 0 bridgehead atoms. The monoisotopic (exact) mass is 281 g/mol. The van der Waals surface area contributed by atoms with Gasteiger partial charge in [-0.1, -0.05) is 6.92 Å². The highest BCUT2D eigenvalue weighted by Gasteiger charge is 2.38. The average Bonchev–Trinajstić information content (AvgIpc) is 2.89. The minimum Gasteiger partial charge on any atom is -0.379 e. The summed E-state index contributed by atoms with van der Waals surface area (Å²) in [4.78, 5) is 2.43. The number of rotatable bonds is 6. The first kappa shape index (κ1) is 15.4. The Kier molecular flexibility index (Phi) is 5.15. The molecule has 1 aromatic rings. The first-order chi connectivity index (χ1) is 9.61. The normalized spacial score (nSPS) is 19.2. The third kappa shape index (κ3) is 3.03. The molecule has 6 heteroatoms. The van der Waals surface area contributed by atoms with E-state index in [0.29, 0.717) is 0 Å². The topological polar surface area (TPSA) is 68.3 Å². The molecule has 1 fully saturated rings. The predicted octanol–water partition coefficient (Wildman–Crippen LogP) is 0.908. The molecule has 20 heavy (non-hydrogen) atoms. The second-order valence-electron chi connectivity index (χ2n) is 5.83. The molecule has 0 aromatic carbocycles. The Hall–Kier alpha value is -0.950. The van der Waals surface area contributed by atoms with Crippen LogP contribution >= 0.6 is 0 Å². The lowest BCUT2D eigenvalue weighted by atomic mass is 9.89. The van der Waals surface area contributed by atoms with Crippen molar-refractivity contribution in [1.29, 1.82) is 0 Å². The standard InChI is InChI=1S/C14H27N5O/c1-4-7-19-12(5-6-16-19)13(17-15)14(2,3)18-8-10-20-11-9-18/h5-6,13,17H,4,7-11,15H2,1-3H3. The summed E-state index contributed by atoms with van der Waals surface area (Å²) in [5.74, 6) is 5.87. The lowest BCUT2D eigenvalue weighted by Gasteiger charge is -2.45. The molecule has 1 atom stereocenters. The Morgan fingerprint density at radius 1 is 1.45 bits per heavy atom. The van der Waals surface area contributed by atoms with Crippen molar-refractivity contribution in [2.24, 2.45) is 5.84 Å². The first-order valence-electron chi connectivity index (χ1n) is 7.42. The third-order valence-corrected chi connectivity index (χ3v) is 4.18. The van der Waals surface area contributed by atoms with Crippen LogP contribution in [-0.2, 0) is 11.3 Å². The fraction of sp³-hybridized carbons (Fsp3) is 0.786. The maximum atomic E-state index is 5.87. The molecule has 6 nitrogen and oxygen atoms in total. The Labute approximate surface area is 121 Å². The zero-order chi connectivity index (χ0) is 14.6. The van der Waals surface area contributed by atoms with Gasteiger partial charge in [0.25, 0.3) is 0 Å². The van der Waals surface area contributed by atoms with E-state index in [1.807, 2.05) is 10.9 Å². The van der Waals surface area contributed by atoms with Gasteiger partial charge in [0.2, 0.25) is 0 Å². The molecular formula is C14H27N5O. The van der Waals surface area contributed by atoms with E-state index in [0.717, 1.165) is 45.0 Å². The van der Waals surface area contributed by atoms with E-state index in [1.54, 1.807) is 0 Å². The number of morpholine rings is 1. The van der Waals surface area contributed by atoms with Gasteiger partial charge in [-0.2, -0.15) is 5.10 Å². The number of hydrogen-bond donors (Lipinski definition) is 2. The minimum atomic E-state index is -0.0932. The number of aryl methyl sites for hydroxylation is 1.